The Morgan fingerprint density at radius 3 is 2.48 bits per heavy atom. The maximum absolute atomic E-state index is 13.4. The molecular formula is C20H27F2N3. The maximum Gasteiger partial charge on any atom is 0.248 e. The van der Waals surface area contributed by atoms with Crippen LogP contribution in [0.2, 0.25) is 0 Å². The second kappa shape index (κ2) is 6.67. The van der Waals surface area contributed by atoms with Crippen molar-refractivity contribution in [3.63, 3.8) is 0 Å². The molecule has 1 aliphatic carbocycles. The number of alkyl halides is 2. The van der Waals surface area contributed by atoms with E-state index in [1.807, 2.05) is 6.20 Å². The van der Waals surface area contributed by atoms with E-state index < -0.39 is 5.92 Å². The number of rotatable bonds is 3. The van der Waals surface area contributed by atoms with Crippen molar-refractivity contribution < 1.29 is 8.78 Å². The standard InChI is InChI=1S/C20H27F2N3/c1-2-15-4-3-5-19-18(15)14-23-25(19)17-8-12-24(13-9-17)16-6-10-20(21,22)11-7-16/h3-5,14,16-17H,2,6-13H2,1H3. The SMILES string of the molecule is CCc1cccc2c1cnn2C1CCN(C2CCC(F)(F)CC2)CC1. The molecule has 0 N–H and O–H groups in total. The van der Waals surface area contributed by atoms with Gasteiger partial charge in [-0.2, -0.15) is 5.10 Å². The fraction of sp³-hybridized carbons (Fsp3) is 0.650. The number of likely N-dealkylation sites (tertiary alicyclic amines) is 1. The molecule has 0 atom stereocenters. The first-order valence-corrected chi connectivity index (χ1v) is 9.64. The summed E-state index contributed by atoms with van der Waals surface area (Å²) in [7, 11) is 0. The quantitative estimate of drug-likeness (QED) is 0.794. The molecule has 2 aromatic rings. The summed E-state index contributed by atoms with van der Waals surface area (Å²) >= 11 is 0. The van der Waals surface area contributed by atoms with Gasteiger partial charge in [0.2, 0.25) is 5.92 Å². The zero-order valence-electron chi connectivity index (χ0n) is 14.9. The Morgan fingerprint density at radius 2 is 1.80 bits per heavy atom. The van der Waals surface area contributed by atoms with Crippen LogP contribution >= 0.6 is 0 Å². The van der Waals surface area contributed by atoms with Crippen molar-refractivity contribution in [3.8, 4) is 0 Å². The normalized spacial score (nSPS) is 23.3. The minimum Gasteiger partial charge on any atom is -0.300 e. The summed E-state index contributed by atoms with van der Waals surface area (Å²) < 4.78 is 28.9. The number of fused-ring (bicyclic) bond motifs is 1. The van der Waals surface area contributed by atoms with Crippen LogP contribution < -0.4 is 0 Å². The number of aromatic nitrogens is 2. The van der Waals surface area contributed by atoms with Gasteiger partial charge in [-0.25, -0.2) is 8.78 Å². The summed E-state index contributed by atoms with van der Waals surface area (Å²) in [6.45, 7) is 4.17. The zero-order valence-corrected chi connectivity index (χ0v) is 14.9. The highest BCUT2D eigenvalue weighted by molar-refractivity contribution is 5.82. The van der Waals surface area contributed by atoms with E-state index in [0.717, 1.165) is 32.4 Å². The third kappa shape index (κ3) is 3.31. The van der Waals surface area contributed by atoms with Crippen LogP contribution in [0.25, 0.3) is 10.9 Å². The Labute approximate surface area is 148 Å². The van der Waals surface area contributed by atoms with E-state index in [-0.39, 0.29) is 12.8 Å². The molecule has 1 saturated carbocycles. The van der Waals surface area contributed by atoms with E-state index in [4.69, 9.17) is 0 Å². The molecule has 2 fully saturated rings. The lowest BCUT2D eigenvalue weighted by Gasteiger charge is -2.40. The van der Waals surface area contributed by atoms with Gasteiger partial charge in [0.05, 0.1) is 17.8 Å². The summed E-state index contributed by atoms with van der Waals surface area (Å²) in [5, 5.41) is 5.95. The van der Waals surface area contributed by atoms with Gasteiger partial charge in [0.25, 0.3) is 0 Å². The van der Waals surface area contributed by atoms with E-state index in [2.05, 4.69) is 39.8 Å². The predicted molar refractivity (Wildman–Crippen MR) is 96.2 cm³/mol. The van der Waals surface area contributed by atoms with Crippen molar-refractivity contribution in [1.82, 2.24) is 14.7 Å². The first-order chi connectivity index (χ1) is 12.1. The Hall–Kier alpha value is -1.49. The summed E-state index contributed by atoms with van der Waals surface area (Å²) in [6, 6.07) is 7.23. The van der Waals surface area contributed by atoms with Crippen molar-refractivity contribution in [2.24, 2.45) is 0 Å². The number of hydrogen-bond donors (Lipinski definition) is 0. The molecule has 2 heterocycles. The minimum atomic E-state index is -2.43. The Bertz CT molecular complexity index is 722. The first kappa shape index (κ1) is 17.0. The molecule has 136 valence electrons. The molecular weight excluding hydrogens is 320 g/mol. The Balaban J connectivity index is 1.43. The van der Waals surface area contributed by atoms with Gasteiger partial charge in [-0.3, -0.25) is 4.68 Å². The largest absolute Gasteiger partial charge is 0.300 e. The second-order valence-electron chi connectivity index (χ2n) is 7.65. The molecule has 0 amide bonds. The summed E-state index contributed by atoms with van der Waals surface area (Å²) in [5.74, 6) is -2.43. The molecule has 1 saturated heterocycles. The Morgan fingerprint density at radius 1 is 1.08 bits per heavy atom. The van der Waals surface area contributed by atoms with E-state index in [9.17, 15) is 8.78 Å². The molecule has 0 unspecified atom stereocenters. The maximum atomic E-state index is 13.4. The number of halogens is 2. The van der Waals surface area contributed by atoms with Crippen LogP contribution in [0.1, 0.15) is 57.1 Å². The van der Waals surface area contributed by atoms with Gasteiger partial charge in [-0.1, -0.05) is 19.1 Å². The van der Waals surface area contributed by atoms with Crippen LogP contribution in [0.5, 0.6) is 0 Å². The topological polar surface area (TPSA) is 21.1 Å². The van der Waals surface area contributed by atoms with Crippen LogP contribution in [0, 0.1) is 0 Å². The molecule has 0 spiro atoms. The van der Waals surface area contributed by atoms with Gasteiger partial charge in [0.15, 0.2) is 0 Å². The van der Waals surface area contributed by atoms with E-state index >= 15 is 0 Å². The van der Waals surface area contributed by atoms with Crippen LogP contribution in [0.3, 0.4) is 0 Å². The van der Waals surface area contributed by atoms with Gasteiger partial charge in [0.1, 0.15) is 0 Å². The predicted octanol–water partition coefficient (Wildman–Crippen LogP) is 4.81. The van der Waals surface area contributed by atoms with Crippen molar-refractivity contribution in [1.29, 1.82) is 0 Å². The molecule has 0 bridgehead atoms. The Kier molecular flexibility index (Phi) is 4.52. The smallest absolute Gasteiger partial charge is 0.248 e. The third-order valence-corrected chi connectivity index (χ3v) is 6.16. The number of benzene rings is 1. The van der Waals surface area contributed by atoms with Crippen molar-refractivity contribution in [2.45, 2.75) is 69.9 Å². The highest BCUT2D eigenvalue weighted by atomic mass is 19.3. The van der Waals surface area contributed by atoms with Crippen LogP contribution in [0.4, 0.5) is 8.78 Å². The van der Waals surface area contributed by atoms with E-state index in [0.29, 0.717) is 24.9 Å². The lowest BCUT2D eigenvalue weighted by Crippen LogP contribution is -2.45. The molecule has 1 aromatic heterocycles. The zero-order chi connectivity index (χ0) is 17.4. The van der Waals surface area contributed by atoms with Crippen LogP contribution in [-0.4, -0.2) is 39.7 Å². The molecule has 4 rings (SSSR count). The number of hydrogen-bond acceptors (Lipinski definition) is 2. The first-order valence-electron chi connectivity index (χ1n) is 9.64. The van der Waals surface area contributed by atoms with Crippen molar-refractivity contribution in [2.75, 3.05) is 13.1 Å². The number of nitrogens with zero attached hydrogens (tertiary/aromatic N) is 3. The monoisotopic (exact) mass is 347 g/mol. The highest BCUT2D eigenvalue weighted by Gasteiger charge is 2.37. The molecule has 1 aliphatic heterocycles. The van der Waals surface area contributed by atoms with Gasteiger partial charge < -0.3 is 4.90 Å². The lowest BCUT2D eigenvalue weighted by atomic mass is 9.89. The average Bonchev–Trinajstić information content (AvgIpc) is 3.06. The molecule has 5 heteroatoms. The van der Waals surface area contributed by atoms with Gasteiger partial charge in [-0.15, -0.1) is 0 Å². The molecule has 0 radical (unpaired) electrons. The van der Waals surface area contributed by atoms with Gasteiger partial charge >= 0.3 is 0 Å². The molecule has 1 aromatic carbocycles. The van der Waals surface area contributed by atoms with E-state index in [1.165, 1.54) is 16.5 Å². The van der Waals surface area contributed by atoms with Gasteiger partial charge in [-0.05, 0) is 43.7 Å². The van der Waals surface area contributed by atoms with Crippen molar-refractivity contribution >= 4 is 10.9 Å². The molecule has 3 nitrogen and oxygen atoms in total. The number of piperidine rings is 1. The van der Waals surface area contributed by atoms with E-state index in [1.54, 1.807) is 0 Å². The van der Waals surface area contributed by atoms with Crippen LogP contribution in [0.15, 0.2) is 24.4 Å². The fourth-order valence-electron chi connectivity index (χ4n) is 4.62. The third-order valence-electron chi connectivity index (χ3n) is 6.16. The molecule has 25 heavy (non-hydrogen) atoms. The van der Waals surface area contributed by atoms with Gasteiger partial charge in [0, 0.05) is 37.4 Å². The van der Waals surface area contributed by atoms with Crippen LogP contribution in [-0.2, 0) is 6.42 Å². The minimum absolute atomic E-state index is 0.0567. The molecule has 2 aliphatic rings. The summed E-state index contributed by atoms with van der Waals surface area (Å²) in [4.78, 5) is 2.44. The fourth-order valence-corrected chi connectivity index (χ4v) is 4.62. The highest BCUT2D eigenvalue weighted by Crippen LogP contribution is 2.37. The lowest BCUT2D eigenvalue weighted by molar-refractivity contribution is -0.0566. The van der Waals surface area contributed by atoms with Crippen molar-refractivity contribution in [3.05, 3.63) is 30.0 Å². The summed E-state index contributed by atoms with van der Waals surface area (Å²) in [6.07, 6.45) is 6.53. The number of aryl methyl sites for hydroxylation is 1. The summed E-state index contributed by atoms with van der Waals surface area (Å²) in [5.41, 5.74) is 2.58. The second-order valence-corrected chi connectivity index (χ2v) is 7.65. The average molecular weight is 347 g/mol.